The van der Waals surface area contributed by atoms with E-state index < -0.39 is 5.41 Å². The fourth-order valence-electron chi connectivity index (χ4n) is 3.73. The number of aromatic nitrogens is 3. The summed E-state index contributed by atoms with van der Waals surface area (Å²) in [6.07, 6.45) is 4.26. The van der Waals surface area contributed by atoms with Crippen LogP contribution >= 0.6 is 0 Å². The summed E-state index contributed by atoms with van der Waals surface area (Å²) in [4.78, 5) is 31.0. The Morgan fingerprint density at radius 1 is 1.42 bits per heavy atom. The van der Waals surface area contributed by atoms with E-state index in [0.717, 1.165) is 11.3 Å². The molecule has 8 heteroatoms. The number of benzene rings is 1. The summed E-state index contributed by atoms with van der Waals surface area (Å²) in [5.41, 5.74) is 1.82. The van der Waals surface area contributed by atoms with Gasteiger partial charge in [-0.25, -0.2) is 4.98 Å². The monoisotopic (exact) mass is 353 g/mol. The van der Waals surface area contributed by atoms with Crippen LogP contribution in [0.15, 0.2) is 37.2 Å². The van der Waals surface area contributed by atoms with Crippen LogP contribution in [-0.4, -0.2) is 46.8 Å². The molecule has 0 unspecified atom stereocenters. The molecule has 2 aliphatic heterocycles. The average molecular weight is 353 g/mol. The van der Waals surface area contributed by atoms with Crippen molar-refractivity contribution in [2.75, 3.05) is 30.0 Å². The highest BCUT2D eigenvalue weighted by molar-refractivity contribution is 6.09. The zero-order valence-corrected chi connectivity index (χ0v) is 14.2. The molecule has 1 aromatic heterocycles. The number of nitrogens with one attached hydrogen (secondary N) is 2. The van der Waals surface area contributed by atoms with Crippen molar-refractivity contribution < 1.29 is 14.3 Å². The summed E-state index contributed by atoms with van der Waals surface area (Å²) < 4.78 is 5.48. The van der Waals surface area contributed by atoms with Crippen molar-refractivity contribution in [2.24, 2.45) is 0 Å². The Hall–Kier alpha value is -3.00. The van der Waals surface area contributed by atoms with Crippen molar-refractivity contribution in [1.82, 2.24) is 15.2 Å². The predicted molar refractivity (Wildman–Crippen MR) is 95.1 cm³/mol. The van der Waals surface area contributed by atoms with Gasteiger partial charge in [-0.3, -0.25) is 14.7 Å². The van der Waals surface area contributed by atoms with Crippen LogP contribution in [0.25, 0.3) is 0 Å². The van der Waals surface area contributed by atoms with Crippen molar-refractivity contribution in [3.05, 3.63) is 48.6 Å². The third-order valence-electron chi connectivity index (χ3n) is 5.00. The molecule has 1 saturated heterocycles. The van der Waals surface area contributed by atoms with E-state index >= 15 is 0 Å². The topological polar surface area (TPSA) is 100 Å². The second kappa shape index (κ2) is 6.38. The van der Waals surface area contributed by atoms with E-state index in [9.17, 15) is 9.59 Å². The van der Waals surface area contributed by atoms with Gasteiger partial charge in [0.05, 0.1) is 5.41 Å². The average Bonchev–Trinajstić information content (AvgIpc) is 3.27. The number of rotatable bonds is 4. The van der Waals surface area contributed by atoms with Gasteiger partial charge >= 0.3 is 0 Å². The van der Waals surface area contributed by atoms with Gasteiger partial charge in [-0.2, -0.15) is 5.10 Å². The molecule has 0 radical (unpaired) electrons. The first kappa shape index (κ1) is 16.5. The minimum atomic E-state index is -0.594. The van der Waals surface area contributed by atoms with E-state index in [-0.39, 0.29) is 17.6 Å². The number of nitrogens with zero attached hydrogens (tertiary/aromatic N) is 3. The van der Waals surface area contributed by atoms with Gasteiger partial charge in [-0.1, -0.05) is 6.08 Å². The second-order valence-electron chi connectivity index (χ2n) is 6.42. The molecule has 2 N–H and O–H groups in total. The Balaban J connectivity index is 1.71. The lowest BCUT2D eigenvalue weighted by atomic mass is 9.75. The fourth-order valence-corrected chi connectivity index (χ4v) is 3.73. The van der Waals surface area contributed by atoms with Crippen LogP contribution in [0.1, 0.15) is 29.0 Å². The number of hydrogen-bond acceptors (Lipinski definition) is 5. The van der Waals surface area contributed by atoms with Gasteiger partial charge in [0.1, 0.15) is 6.33 Å². The Morgan fingerprint density at radius 2 is 2.23 bits per heavy atom. The Labute approximate surface area is 150 Å². The summed E-state index contributed by atoms with van der Waals surface area (Å²) in [7, 11) is 0. The quantitative estimate of drug-likeness (QED) is 0.814. The normalized spacial score (nSPS) is 18.0. The SMILES string of the molecule is C=CCN1C(=O)C2(CCOCC2)c2cc(NC(=O)c3ncn[nH]3)ccc21. The van der Waals surface area contributed by atoms with Crippen molar-refractivity contribution in [3.63, 3.8) is 0 Å². The van der Waals surface area contributed by atoms with Crippen LogP contribution in [-0.2, 0) is 14.9 Å². The lowest BCUT2D eigenvalue weighted by molar-refractivity contribution is -0.126. The van der Waals surface area contributed by atoms with Gasteiger partial charge < -0.3 is 15.0 Å². The first-order valence-electron chi connectivity index (χ1n) is 8.47. The van der Waals surface area contributed by atoms with E-state index in [1.807, 2.05) is 12.1 Å². The number of carbonyl (C=O) groups is 2. The van der Waals surface area contributed by atoms with Crippen LogP contribution in [0.3, 0.4) is 0 Å². The van der Waals surface area contributed by atoms with Crippen molar-refractivity contribution >= 4 is 23.2 Å². The molecule has 2 aromatic rings. The molecule has 1 spiro atoms. The molecule has 0 aliphatic carbocycles. The number of hydrogen-bond donors (Lipinski definition) is 2. The van der Waals surface area contributed by atoms with E-state index in [0.29, 0.717) is 38.3 Å². The zero-order chi connectivity index (χ0) is 18.1. The van der Waals surface area contributed by atoms with Gasteiger partial charge in [0.25, 0.3) is 5.91 Å². The number of fused-ring (bicyclic) bond motifs is 2. The second-order valence-corrected chi connectivity index (χ2v) is 6.42. The standard InChI is InChI=1S/C18H19N5O3/c1-2-7-23-14-4-3-12(21-16(24)15-19-11-20-22-15)10-13(14)18(17(23)25)5-8-26-9-6-18/h2-4,10-11H,1,5-9H2,(H,21,24)(H,19,20,22). The number of anilines is 2. The molecule has 134 valence electrons. The van der Waals surface area contributed by atoms with Gasteiger partial charge in [-0.05, 0) is 36.6 Å². The highest BCUT2D eigenvalue weighted by Crippen LogP contribution is 2.48. The van der Waals surface area contributed by atoms with Gasteiger partial charge in [0.2, 0.25) is 11.7 Å². The number of aromatic amines is 1. The van der Waals surface area contributed by atoms with E-state index in [1.54, 1.807) is 17.0 Å². The smallest absolute Gasteiger partial charge is 0.292 e. The number of ether oxygens (including phenoxy) is 1. The first-order valence-corrected chi connectivity index (χ1v) is 8.47. The highest BCUT2D eigenvalue weighted by atomic mass is 16.5. The zero-order valence-electron chi connectivity index (χ0n) is 14.2. The molecule has 1 fully saturated rings. The largest absolute Gasteiger partial charge is 0.381 e. The highest BCUT2D eigenvalue weighted by Gasteiger charge is 2.51. The minimum Gasteiger partial charge on any atom is -0.381 e. The lowest BCUT2D eigenvalue weighted by Crippen LogP contribution is -2.44. The number of H-pyrrole nitrogens is 1. The van der Waals surface area contributed by atoms with Crippen LogP contribution in [0.5, 0.6) is 0 Å². The van der Waals surface area contributed by atoms with Crippen LogP contribution in [0.4, 0.5) is 11.4 Å². The lowest BCUT2D eigenvalue weighted by Gasteiger charge is -2.32. The Kier molecular flexibility index (Phi) is 4.04. The maximum absolute atomic E-state index is 13.2. The molecule has 0 saturated carbocycles. The van der Waals surface area contributed by atoms with Crippen LogP contribution in [0.2, 0.25) is 0 Å². The molecule has 8 nitrogen and oxygen atoms in total. The maximum atomic E-state index is 13.2. The third kappa shape index (κ3) is 2.50. The predicted octanol–water partition coefficient (Wildman–Crippen LogP) is 1.64. The summed E-state index contributed by atoms with van der Waals surface area (Å²) in [6.45, 7) is 5.30. The maximum Gasteiger partial charge on any atom is 0.292 e. The molecule has 0 atom stereocenters. The molecule has 2 amide bonds. The van der Waals surface area contributed by atoms with E-state index in [2.05, 4.69) is 27.1 Å². The first-order chi connectivity index (χ1) is 12.7. The Bertz CT molecular complexity index is 856. The fraction of sp³-hybridized carbons (Fsp3) is 0.333. The summed E-state index contributed by atoms with van der Waals surface area (Å²) in [5.74, 6) is -0.166. The van der Waals surface area contributed by atoms with Gasteiger partial charge in [0, 0.05) is 31.1 Å². The molecule has 1 aromatic carbocycles. The molecule has 4 rings (SSSR count). The molecule has 3 heterocycles. The summed E-state index contributed by atoms with van der Waals surface area (Å²) >= 11 is 0. The molecule has 0 bridgehead atoms. The van der Waals surface area contributed by atoms with Crippen LogP contribution < -0.4 is 10.2 Å². The minimum absolute atomic E-state index is 0.0782. The Morgan fingerprint density at radius 3 is 2.92 bits per heavy atom. The number of carbonyl (C=O) groups excluding carboxylic acids is 2. The molecule has 26 heavy (non-hydrogen) atoms. The van der Waals surface area contributed by atoms with Gasteiger partial charge in [0.15, 0.2) is 0 Å². The molecular weight excluding hydrogens is 334 g/mol. The van der Waals surface area contributed by atoms with Gasteiger partial charge in [-0.15, -0.1) is 6.58 Å². The molecule has 2 aliphatic rings. The van der Waals surface area contributed by atoms with Crippen molar-refractivity contribution in [1.29, 1.82) is 0 Å². The van der Waals surface area contributed by atoms with Crippen LogP contribution in [0, 0.1) is 0 Å². The van der Waals surface area contributed by atoms with E-state index in [4.69, 9.17) is 4.74 Å². The third-order valence-corrected chi connectivity index (χ3v) is 5.00. The van der Waals surface area contributed by atoms with Crippen molar-refractivity contribution in [3.8, 4) is 0 Å². The van der Waals surface area contributed by atoms with Crippen molar-refractivity contribution in [2.45, 2.75) is 18.3 Å². The number of amides is 2. The van der Waals surface area contributed by atoms with E-state index in [1.165, 1.54) is 6.33 Å². The summed E-state index contributed by atoms with van der Waals surface area (Å²) in [5, 5.41) is 9.02. The molecular formula is C18H19N5O3. The summed E-state index contributed by atoms with van der Waals surface area (Å²) in [6, 6.07) is 5.54.